The normalized spacial score (nSPS) is 14.5. The van der Waals surface area contributed by atoms with Crippen LogP contribution in [0.2, 0.25) is 0 Å². The number of rotatable bonds is 6. The third-order valence-corrected chi connectivity index (χ3v) is 6.79. The van der Waals surface area contributed by atoms with Crippen LogP contribution in [-0.2, 0) is 6.54 Å². The maximum absolute atomic E-state index is 12.7. The van der Waals surface area contributed by atoms with E-state index in [1.165, 1.54) is 0 Å². The lowest BCUT2D eigenvalue weighted by atomic mass is 9.90. The lowest BCUT2D eigenvalue weighted by Gasteiger charge is -2.21. The summed E-state index contributed by atoms with van der Waals surface area (Å²) in [6, 6.07) is 21.9. The topological polar surface area (TPSA) is 85.6 Å². The summed E-state index contributed by atoms with van der Waals surface area (Å²) in [5.41, 5.74) is 6.14. The maximum Gasteiger partial charge on any atom is 0.179 e. The van der Waals surface area contributed by atoms with Gasteiger partial charge in [0, 0.05) is 29.1 Å². The van der Waals surface area contributed by atoms with Gasteiger partial charge in [0.25, 0.3) is 0 Å². The van der Waals surface area contributed by atoms with Crippen LogP contribution < -0.4 is 5.32 Å². The Balaban J connectivity index is 1.23. The fraction of sp³-hybridized carbons (Fsp3) is 0.250. The number of benzene rings is 2. The van der Waals surface area contributed by atoms with Gasteiger partial charge in [0.1, 0.15) is 5.52 Å². The predicted molar refractivity (Wildman–Crippen MR) is 136 cm³/mol. The Morgan fingerprint density at radius 2 is 1.80 bits per heavy atom. The molecule has 0 spiro atoms. The fourth-order valence-corrected chi connectivity index (χ4v) is 4.81. The molecular weight excluding hydrogens is 436 g/mol. The van der Waals surface area contributed by atoms with Crippen LogP contribution in [0.25, 0.3) is 33.3 Å². The molecule has 1 N–H and O–H groups in total. The van der Waals surface area contributed by atoms with Gasteiger partial charge in [-0.1, -0.05) is 41.6 Å². The third kappa shape index (κ3) is 4.55. The minimum absolute atomic E-state index is 0.222. The standard InChI is InChI=1S/C28H26N6O/c35-27(17-19-11-14-29-15-12-19)22-6-4-21(5-7-22)25-9-10-26-28(31-25)34(33-32-26)18-20-3-8-24-23(16-20)2-1-13-30-24/h1-10,13,16,19,29H,11-12,14-15,17-18H2. The minimum atomic E-state index is 0.222. The van der Waals surface area contributed by atoms with Gasteiger partial charge in [0.05, 0.1) is 17.8 Å². The number of piperidine rings is 1. The van der Waals surface area contributed by atoms with Gasteiger partial charge in [0.15, 0.2) is 11.4 Å². The number of Topliss-reactive ketones (excluding diaryl/α,β-unsaturated/α-hetero) is 1. The molecule has 0 unspecified atom stereocenters. The number of nitrogens with zero attached hydrogens (tertiary/aromatic N) is 5. The molecule has 4 heterocycles. The lowest BCUT2D eigenvalue weighted by Crippen LogP contribution is -2.28. The van der Waals surface area contributed by atoms with Gasteiger partial charge in [-0.15, -0.1) is 5.10 Å². The van der Waals surface area contributed by atoms with E-state index >= 15 is 0 Å². The van der Waals surface area contributed by atoms with Gasteiger partial charge in [-0.3, -0.25) is 9.78 Å². The molecule has 0 aliphatic carbocycles. The molecule has 0 bridgehead atoms. The monoisotopic (exact) mass is 462 g/mol. The highest BCUT2D eigenvalue weighted by molar-refractivity contribution is 5.96. The molecule has 174 valence electrons. The summed E-state index contributed by atoms with van der Waals surface area (Å²) >= 11 is 0. The van der Waals surface area contributed by atoms with Crippen molar-refractivity contribution in [3.05, 3.63) is 84.1 Å². The highest BCUT2D eigenvalue weighted by atomic mass is 16.1. The van der Waals surface area contributed by atoms with Crippen molar-refractivity contribution >= 4 is 27.9 Å². The first-order valence-electron chi connectivity index (χ1n) is 12.1. The van der Waals surface area contributed by atoms with Crippen molar-refractivity contribution in [1.29, 1.82) is 0 Å². The van der Waals surface area contributed by atoms with Crippen molar-refractivity contribution in [3.63, 3.8) is 0 Å². The molecule has 1 fully saturated rings. The SMILES string of the molecule is O=C(CC1CCNCC1)c1ccc(-c2ccc3nnn(Cc4ccc5ncccc5c4)c3n2)cc1. The first-order chi connectivity index (χ1) is 17.2. The summed E-state index contributed by atoms with van der Waals surface area (Å²) in [5.74, 6) is 0.707. The fourth-order valence-electron chi connectivity index (χ4n) is 4.81. The molecule has 3 aromatic heterocycles. The zero-order valence-corrected chi connectivity index (χ0v) is 19.4. The Bertz CT molecular complexity index is 1500. The number of hydrogen-bond donors (Lipinski definition) is 1. The Labute approximate surface area is 203 Å². The molecular formula is C28H26N6O. The Morgan fingerprint density at radius 3 is 2.66 bits per heavy atom. The number of carbonyl (C=O) groups excluding carboxylic acids is 1. The van der Waals surface area contributed by atoms with Crippen LogP contribution in [0, 0.1) is 5.92 Å². The van der Waals surface area contributed by atoms with Crippen molar-refractivity contribution in [2.45, 2.75) is 25.8 Å². The summed E-state index contributed by atoms with van der Waals surface area (Å²) in [4.78, 5) is 22.0. The van der Waals surface area contributed by atoms with Crippen LogP contribution in [0.3, 0.4) is 0 Å². The van der Waals surface area contributed by atoms with Crippen LogP contribution in [0.1, 0.15) is 35.2 Å². The van der Waals surface area contributed by atoms with E-state index in [1.54, 1.807) is 6.20 Å². The van der Waals surface area contributed by atoms with E-state index in [0.717, 1.165) is 70.4 Å². The van der Waals surface area contributed by atoms with Crippen molar-refractivity contribution < 1.29 is 4.79 Å². The smallest absolute Gasteiger partial charge is 0.179 e. The van der Waals surface area contributed by atoms with E-state index in [2.05, 4.69) is 38.8 Å². The van der Waals surface area contributed by atoms with Crippen LogP contribution >= 0.6 is 0 Å². The average molecular weight is 463 g/mol. The minimum Gasteiger partial charge on any atom is -0.317 e. The molecule has 0 radical (unpaired) electrons. The molecule has 0 atom stereocenters. The molecule has 35 heavy (non-hydrogen) atoms. The van der Waals surface area contributed by atoms with Gasteiger partial charge in [-0.2, -0.15) is 0 Å². The van der Waals surface area contributed by atoms with Gasteiger partial charge in [0.2, 0.25) is 0 Å². The summed E-state index contributed by atoms with van der Waals surface area (Å²) < 4.78 is 1.83. The summed E-state index contributed by atoms with van der Waals surface area (Å²) in [6.45, 7) is 2.59. The molecule has 6 rings (SSSR count). The lowest BCUT2D eigenvalue weighted by molar-refractivity contribution is 0.0952. The van der Waals surface area contributed by atoms with Crippen molar-refractivity contribution in [2.75, 3.05) is 13.1 Å². The molecule has 0 saturated carbocycles. The van der Waals surface area contributed by atoms with Crippen molar-refractivity contribution in [2.24, 2.45) is 5.92 Å². The van der Waals surface area contributed by atoms with E-state index in [0.29, 0.717) is 18.9 Å². The summed E-state index contributed by atoms with van der Waals surface area (Å²) in [5, 5.41) is 13.1. The first kappa shape index (κ1) is 21.6. The van der Waals surface area contributed by atoms with Crippen LogP contribution in [0.15, 0.2) is 72.9 Å². The molecule has 1 saturated heterocycles. The molecule has 0 amide bonds. The zero-order chi connectivity index (χ0) is 23.6. The number of hydrogen-bond acceptors (Lipinski definition) is 6. The van der Waals surface area contributed by atoms with E-state index in [-0.39, 0.29) is 5.78 Å². The van der Waals surface area contributed by atoms with E-state index < -0.39 is 0 Å². The first-order valence-corrected chi connectivity index (χ1v) is 12.1. The number of aromatic nitrogens is 5. The third-order valence-electron chi connectivity index (χ3n) is 6.79. The Hall–Kier alpha value is -3.97. The van der Waals surface area contributed by atoms with Crippen LogP contribution in [0.5, 0.6) is 0 Å². The number of nitrogens with one attached hydrogen (secondary N) is 1. The maximum atomic E-state index is 12.7. The number of carbonyl (C=O) groups is 1. The average Bonchev–Trinajstić information content (AvgIpc) is 3.31. The molecule has 2 aromatic carbocycles. The highest BCUT2D eigenvalue weighted by Crippen LogP contribution is 2.24. The van der Waals surface area contributed by atoms with Gasteiger partial charge >= 0.3 is 0 Å². The summed E-state index contributed by atoms with van der Waals surface area (Å²) in [7, 11) is 0. The Morgan fingerprint density at radius 1 is 0.971 bits per heavy atom. The predicted octanol–water partition coefficient (Wildman–Crippen LogP) is 4.66. The molecule has 7 heteroatoms. The molecule has 5 aromatic rings. The second-order valence-electron chi connectivity index (χ2n) is 9.21. The highest BCUT2D eigenvalue weighted by Gasteiger charge is 2.18. The van der Waals surface area contributed by atoms with Crippen molar-refractivity contribution in [3.8, 4) is 11.3 Å². The van der Waals surface area contributed by atoms with Crippen LogP contribution in [0.4, 0.5) is 0 Å². The molecule has 1 aliphatic heterocycles. The van der Waals surface area contributed by atoms with E-state index in [1.807, 2.05) is 53.2 Å². The van der Waals surface area contributed by atoms with Gasteiger partial charge < -0.3 is 5.32 Å². The molecule has 7 nitrogen and oxygen atoms in total. The zero-order valence-electron chi connectivity index (χ0n) is 19.4. The number of fused-ring (bicyclic) bond motifs is 2. The van der Waals surface area contributed by atoms with Crippen molar-refractivity contribution in [1.82, 2.24) is 30.3 Å². The number of pyridine rings is 2. The second-order valence-corrected chi connectivity index (χ2v) is 9.21. The van der Waals surface area contributed by atoms with E-state index in [4.69, 9.17) is 4.98 Å². The largest absolute Gasteiger partial charge is 0.317 e. The molecule has 1 aliphatic rings. The Kier molecular flexibility index (Phi) is 5.76. The number of ketones is 1. The van der Waals surface area contributed by atoms with E-state index in [9.17, 15) is 4.79 Å². The summed E-state index contributed by atoms with van der Waals surface area (Å²) in [6.07, 6.45) is 4.58. The van der Waals surface area contributed by atoms with Gasteiger partial charge in [-0.05, 0) is 67.7 Å². The van der Waals surface area contributed by atoms with Gasteiger partial charge in [-0.25, -0.2) is 9.67 Å². The van der Waals surface area contributed by atoms with Crippen LogP contribution in [-0.4, -0.2) is 43.8 Å². The second kappa shape index (κ2) is 9.35. The quantitative estimate of drug-likeness (QED) is 0.369.